The van der Waals surface area contributed by atoms with Gasteiger partial charge in [-0.25, -0.2) is 4.98 Å². The van der Waals surface area contributed by atoms with Gasteiger partial charge in [0.25, 0.3) is 6.20 Å². The topological polar surface area (TPSA) is 142 Å². The number of thiazole rings is 1. The smallest absolute Gasteiger partial charge is 0.274 e. The van der Waals surface area contributed by atoms with Gasteiger partial charge in [0.2, 0.25) is 0 Å². The minimum absolute atomic E-state index is 0.127. The molecule has 0 aromatic carbocycles. The molecule has 0 saturated heterocycles. The SMILES string of the molecule is CNC(=C[N+](=O)[O-])NC1CCCC(c2csc(NC(=N)N)n2)C1. The third-order valence-corrected chi connectivity index (χ3v) is 4.50. The molecule has 1 aliphatic carbocycles. The highest BCUT2D eigenvalue weighted by molar-refractivity contribution is 7.13. The van der Waals surface area contributed by atoms with Gasteiger partial charge in [0, 0.05) is 24.4 Å². The van der Waals surface area contributed by atoms with E-state index in [1.165, 1.54) is 11.3 Å². The van der Waals surface area contributed by atoms with Crippen LogP contribution in [0.3, 0.4) is 0 Å². The lowest BCUT2D eigenvalue weighted by Crippen LogP contribution is -2.37. The van der Waals surface area contributed by atoms with Gasteiger partial charge in [-0.2, -0.15) is 0 Å². The van der Waals surface area contributed by atoms with Crippen molar-refractivity contribution in [3.8, 4) is 0 Å². The van der Waals surface area contributed by atoms with Crippen LogP contribution in [0.15, 0.2) is 17.4 Å². The van der Waals surface area contributed by atoms with E-state index in [4.69, 9.17) is 11.1 Å². The highest BCUT2D eigenvalue weighted by atomic mass is 32.1. The fourth-order valence-electron chi connectivity index (χ4n) is 2.74. The zero-order valence-electron chi connectivity index (χ0n) is 12.8. The van der Waals surface area contributed by atoms with E-state index in [9.17, 15) is 10.1 Å². The van der Waals surface area contributed by atoms with E-state index in [1.807, 2.05) is 5.38 Å². The van der Waals surface area contributed by atoms with E-state index in [0.29, 0.717) is 16.9 Å². The summed E-state index contributed by atoms with van der Waals surface area (Å²) in [6, 6.07) is 0.165. The number of hydrogen-bond acceptors (Lipinski definition) is 7. The van der Waals surface area contributed by atoms with Crippen molar-refractivity contribution < 1.29 is 4.92 Å². The highest BCUT2D eigenvalue weighted by Gasteiger charge is 2.25. The molecule has 1 aromatic heterocycles. The molecule has 1 heterocycles. The number of hydrogen-bond donors (Lipinski definition) is 5. The molecule has 0 amide bonds. The van der Waals surface area contributed by atoms with Crippen LogP contribution in [0.2, 0.25) is 0 Å². The quantitative estimate of drug-likeness (QED) is 0.228. The fraction of sp³-hybridized carbons (Fsp3) is 0.538. The summed E-state index contributed by atoms with van der Waals surface area (Å²) in [4.78, 5) is 14.6. The number of nitrogens with zero attached hydrogens (tertiary/aromatic N) is 2. The lowest BCUT2D eigenvalue weighted by molar-refractivity contribution is -0.404. The van der Waals surface area contributed by atoms with E-state index in [-0.39, 0.29) is 12.0 Å². The standard InChI is InChI=1S/C13H21N7O2S/c1-16-11(6-20(21)22)17-9-4-2-3-8(5-9)10-7-23-13(18-10)19-12(14)15/h6-9,16-17H,2-5H2,1H3,(H4,14,15,18,19). The summed E-state index contributed by atoms with van der Waals surface area (Å²) in [6.45, 7) is 0. The van der Waals surface area contributed by atoms with Crippen LogP contribution < -0.4 is 21.7 Å². The van der Waals surface area contributed by atoms with Gasteiger partial charge in [0.05, 0.1) is 10.6 Å². The van der Waals surface area contributed by atoms with Gasteiger partial charge < -0.3 is 21.7 Å². The fourth-order valence-corrected chi connectivity index (χ4v) is 3.54. The van der Waals surface area contributed by atoms with E-state index in [1.54, 1.807) is 7.05 Å². The predicted molar refractivity (Wildman–Crippen MR) is 89.9 cm³/mol. The first-order valence-corrected chi connectivity index (χ1v) is 8.22. The molecule has 0 spiro atoms. The molecule has 23 heavy (non-hydrogen) atoms. The molecule has 2 rings (SSSR count). The van der Waals surface area contributed by atoms with Crippen LogP contribution >= 0.6 is 11.3 Å². The second kappa shape index (κ2) is 7.77. The Morgan fingerprint density at radius 3 is 3.04 bits per heavy atom. The maximum atomic E-state index is 10.6. The summed E-state index contributed by atoms with van der Waals surface area (Å²) in [5, 5.41) is 29.1. The Bertz CT molecular complexity index is 601. The maximum absolute atomic E-state index is 10.6. The van der Waals surface area contributed by atoms with Crippen LogP contribution in [0.1, 0.15) is 37.3 Å². The summed E-state index contributed by atoms with van der Waals surface area (Å²) in [6.07, 6.45) is 4.84. The molecular formula is C13H21N7O2S. The molecular weight excluding hydrogens is 318 g/mol. The Morgan fingerprint density at radius 2 is 2.39 bits per heavy atom. The van der Waals surface area contributed by atoms with Gasteiger partial charge in [-0.15, -0.1) is 11.3 Å². The Morgan fingerprint density at radius 1 is 1.61 bits per heavy atom. The van der Waals surface area contributed by atoms with Crippen molar-refractivity contribution in [3.63, 3.8) is 0 Å². The number of nitrogens with two attached hydrogens (primary N) is 1. The average molecular weight is 339 g/mol. The monoisotopic (exact) mass is 339 g/mol. The van der Waals surface area contributed by atoms with Gasteiger partial charge in [0.1, 0.15) is 0 Å². The van der Waals surface area contributed by atoms with E-state index in [2.05, 4.69) is 20.9 Å². The molecule has 0 aliphatic heterocycles. The van der Waals surface area contributed by atoms with Crippen LogP contribution in [0.4, 0.5) is 5.13 Å². The lowest BCUT2D eigenvalue weighted by Gasteiger charge is -2.29. The molecule has 2 unspecified atom stereocenters. The van der Waals surface area contributed by atoms with Gasteiger partial charge in [-0.05, 0) is 19.3 Å². The van der Waals surface area contributed by atoms with Crippen molar-refractivity contribution in [3.05, 3.63) is 33.2 Å². The van der Waals surface area contributed by atoms with Crippen LogP contribution in [-0.4, -0.2) is 29.0 Å². The predicted octanol–water partition coefficient (Wildman–Crippen LogP) is 1.36. The number of anilines is 1. The molecule has 0 radical (unpaired) electrons. The van der Waals surface area contributed by atoms with Crippen molar-refractivity contribution in [2.75, 3.05) is 12.4 Å². The third kappa shape index (κ3) is 5.09. The van der Waals surface area contributed by atoms with E-state index in [0.717, 1.165) is 37.6 Å². The first kappa shape index (κ1) is 17.0. The number of rotatable bonds is 6. The van der Waals surface area contributed by atoms with E-state index >= 15 is 0 Å². The average Bonchev–Trinajstić information content (AvgIpc) is 2.94. The molecule has 1 aromatic rings. The number of nitro groups is 1. The van der Waals surface area contributed by atoms with Gasteiger partial charge in [-0.1, -0.05) is 6.42 Å². The van der Waals surface area contributed by atoms with E-state index < -0.39 is 4.92 Å². The van der Waals surface area contributed by atoms with Crippen molar-refractivity contribution in [2.45, 2.75) is 37.6 Å². The molecule has 1 aliphatic rings. The summed E-state index contributed by atoms with van der Waals surface area (Å²) in [7, 11) is 1.66. The first-order valence-electron chi connectivity index (χ1n) is 7.34. The van der Waals surface area contributed by atoms with Crippen LogP contribution in [0.5, 0.6) is 0 Å². The largest absolute Gasteiger partial charge is 0.370 e. The highest BCUT2D eigenvalue weighted by Crippen LogP contribution is 2.34. The first-order chi connectivity index (χ1) is 11.0. The van der Waals surface area contributed by atoms with Gasteiger partial charge in [0.15, 0.2) is 16.9 Å². The molecule has 10 heteroatoms. The van der Waals surface area contributed by atoms with Crippen molar-refractivity contribution >= 4 is 22.4 Å². The Hall–Kier alpha value is -2.36. The zero-order chi connectivity index (χ0) is 16.8. The third-order valence-electron chi connectivity index (χ3n) is 3.72. The van der Waals surface area contributed by atoms with Crippen LogP contribution in [0.25, 0.3) is 0 Å². The number of guanidine groups is 1. The summed E-state index contributed by atoms with van der Waals surface area (Å²) < 4.78 is 0. The zero-order valence-corrected chi connectivity index (χ0v) is 13.7. The minimum Gasteiger partial charge on any atom is -0.370 e. The van der Waals surface area contributed by atoms with Gasteiger partial charge in [-0.3, -0.25) is 15.5 Å². The second-order valence-electron chi connectivity index (χ2n) is 5.40. The normalized spacial score (nSPS) is 21.5. The van der Waals surface area contributed by atoms with Crippen molar-refractivity contribution in [1.29, 1.82) is 5.41 Å². The second-order valence-corrected chi connectivity index (χ2v) is 6.26. The molecule has 6 N–H and O–H groups in total. The van der Waals surface area contributed by atoms with Crippen molar-refractivity contribution in [1.82, 2.24) is 15.6 Å². The van der Waals surface area contributed by atoms with Gasteiger partial charge >= 0.3 is 0 Å². The van der Waals surface area contributed by atoms with Crippen LogP contribution in [0, 0.1) is 15.5 Å². The minimum atomic E-state index is -0.473. The van der Waals surface area contributed by atoms with Crippen LogP contribution in [-0.2, 0) is 0 Å². The molecule has 1 saturated carbocycles. The molecule has 9 nitrogen and oxygen atoms in total. The Kier molecular flexibility index (Phi) is 5.74. The maximum Gasteiger partial charge on any atom is 0.274 e. The molecule has 126 valence electrons. The molecule has 1 fully saturated rings. The summed E-state index contributed by atoms with van der Waals surface area (Å²) in [5.41, 5.74) is 6.29. The Labute approximate surface area is 138 Å². The summed E-state index contributed by atoms with van der Waals surface area (Å²) in [5.74, 6) is 0.587. The number of nitrogens with one attached hydrogen (secondary N) is 4. The molecule has 0 bridgehead atoms. The molecule has 2 atom stereocenters. The number of aromatic nitrogens is 1. The summed E-state index contributed by atoms with van der Waals surface area (Å²) >= 11 is 1.42. The Balaban J connectivity index is 1.99. The lowest BCUT2D eigenvalue weighted by atomic mass is 9.84. The van der Waals surface area contributed by atoms with Crippen molar-refractivity contribution in [2.24, 2.45) is 5.73 Å².